The Morgan fingerprint density at radius 1 is 1.29 bits per heavy atom. The second kappa shape index (κ2) is 6.95. The summed E-state index contributed by atoms with van der Waals surface area (Å²) in [5, 5.41) is 13.3. The van der Waals surface area contributed by atoms with Crippen molar-refractivity contribution in [3.63, 3.8) is 0 Å². The van der Waals surface area contributed by atoms with Crippen LogP contribution in [-0.4, -0.2) is 21.9 Å². The van der Waals surface area contributed by atoms with E-state index >= 15 is 0 Å². The highest BCUT2D eigenvalue weighted by molar-refractivity contribution is 7.99. The van der Waals surface area contributed by atoms with Crippen molar-refractivity contribution in [3.05, 3.63) is 45.9 Å². The molecule has 21 heavy (non-hydrogen) atoms. The molecular weight excluding hydrogens is 298 g/mol. The lowest BCUT2D eigenvalue weighted by molar-refractivity contribution is 0.200. The first-order chi connectivity index (χ1) is 9.86. The SMILES string of the molecule is Cc1ccccc1SCC(O)Cc1nc(C(C)(C)C)cs1. The lowest BCUT2D eigenvalue weighted by Crippen LogP contribution is -2.15. The van der Waals surface area contributed by atoms with Gasteiger partial charge < -0.3 is 5.11 Å². The third-order valence-electron chi connectivity index (χ3n) is 3.26. The zero-order valence-corrected chi connectivity index (χ0v) is 14.7. The molecule has 0 radical (unpaired) electrons. The number of aliphatic hydroxyl groups excluding tert-OH is 1. The number of thiazole rings is 1. The highest BCUT2D eigenvalue weighted by Gasteiger charge is 2.18. The number of hydrogen-bond donors (Lipinski definition) is 1. The fourth-order valence-electron chi connectivity index (χ4n) is 1.91. The van der Waals surface area contributed by atoms with Crippen LogP contribution in [0.2, 0.25) is 0 Å². The van der Waals surface area contributed by atoms with E-state index in [0.29, 0.717) is 12.2 Å². The molecule has 1 aromatic heterocycles. The normalized spacial score (nSPS) is 13.4. The molecule has 1 N–H and O–H groups in total. The fourth-order valence-corrected chi connectivity index (χ4v) is 3.97. The molecule has 114 valence electrons. The van der Waals surface area contributed by atoms with E-state index in [0.717, 1.165) is 10.7 Å². The number of aromatic nitrogens is 1. The minimum Gasteiger partial charge on any atom is -0.392 e. The van der Waals surface area contributed by atoms with Crippen molar-refractivity contribution >= 4 is 23.1 Å². The highest BCUT2D eigenvalue weighted by Crippen LogP contribution is 2.26. The summed E-state index contributed by atoms with van der Waals surface area (Å²) in [7, 11) is 0. The summed E-state index contributed by atoms with van der Waals surface area (Å²) < 4.78 is 0. The molecule has 0 bridgehead atoms. The Labute approximate surface area is 135 Å². The lowest BCUT2D eigenvalue weighted by Gasteiger charge is -2.14. The van der Waals surface area contributed by atoms with Gasteiger partial charge in [-0.1, -0.05) is 39.0 Å². The van der Waals surface area contributed by atoms with Gasteiger partial charge in [0.2, 0.25) is 0 Å². The number of aryl methyl sites for hydroxylation is 1. The Balaban J connectivity index is 1.89. The molecule has 0 aliphatic heterocycles. The number of nitrogens with zero attached hydrogens (tertiary/aromatic N) is 1. The van der Waals surface area contributed by atoms with Gasteiger partial charge in [0.25, 0.3) is 0 Å². The molecule has 0 aliphatic rings. The smallest absolute Gasteiger partial charge is 0.0954 e. The second-order valence-corrected chi connectivity index (χ2v) is 8.32. The van der Waals surface area contributed by atoms with Crippen molar-refractivity contribution in [2.75, 3.05) is 5.75 Å². The molecule has 2 rings (SSSR count). The summed E-state index contributed by atoms with van der Waals surface area (Å²) in [5.74, 6) is 0.704. The molecule has 1 unspecified atom stereocenters. The minimum atomic E-state index is -0.353. The summed E-state index contributed by atoms with van der Waals surface area (Å²) in [6, 6.07) is 8.29. The summed E-state index contributed by atoms with van der Waals surface area (Å²) >= 11 is 3.36. The van der Waals surface area contributed by atoms with Crippen molar-refractivity contribution < 1.29 is 5.11 Å². The largest absolute Gasteiger partial charge is 0.392 e. The quantitative estimate of drug-likeness (QED) is 0.826. The van der Waals surface area contributed by atoms with Gasteiger partial charge in [0.05, 0.1) is 16.8 Å². The van der Waals surface area contributed by atoms with Crippen LogP contribution in [0.25, 0.3) is 0 Å². The van der Waals surface area contributed by atoms with E-state index in [4.69, 9.17) is 0 Å². The maximum Gasteiger partial charge on any atom is 0.0954 e. The van der Waals surface area contributed by atoms with Crippen LogP contribution < -0.4 is 0 Å². The van der Waals surface area contributed by atoms with E-state index in [2.05, 4.69) is 50.2 Å². The molecular formula is C17H23NOS2. The average Bonchev–Trinajstić information content (AvgIpc) is 2.86. The summed E-state index contributed by atoms with van der Waals surface area (Å²) in [6.07, 6.45) is 0.285. The van der Waals surface area contributed by atoms with Crippen LogP contribution >= 0.6 is 23.1 Å². The van der Waals surface area contributed by atoms with Crippen LogP contribution in [0.4, 0.5) is 0 Å². The Kier molecular flexibility index (Phi) is 5.47. The second-order valence-electron chi connectivity index (χ2n) is 6.31. The predicted octanol–water partition coefficient (Wildman–Crippen LogP) is 4.44. The number of rotatable bonds is 5. The third-order valence-corrected chi connectivity index (χ3v) is 5.45. The first-order valence-corrected chi connectivity index (χ1v) is 9.04. The Morgan fingerprint density at radius 3 is 2.62 bits per heavy atom. The first kappa shape index (κ1) is 16.5. The Bertz CT molecular complexity index is 586. The van der Waals surface area contributed by atoms with Crippen LogP contribution in [0.15, 0.2) is 34.5 Å². The number of thioether (sulfide) groups is 1. The molecule has 0 saturated heterocycles. The van der Waals surface area contributed by atoms with E-state index < -0.39 is 0 Å². The number of hydrogen-bond acceptors (Lipinski definition) is 4. The zero-order chi connectivity index (χ0) is 15.5. The molecule has 0 fully saturated rings. The molecule has 1 aromatic carbocycles. The fraction of sp³-hybridized carbons (Fsp3) is 0.471. The number of aliphatic hydroxyl groups is 1. The summed E-state index contributed by atoms with van der Waals surface area (Å²) in [5.41, 5.74) is 2.45. The maximum absolute atomic E-state index is 10.2. The molecule has 4 heteroatoms. The van der Waals surface area contributed by atoms with Crippen LogP contribution in [0.3, 0.4) is 0 Å². The van der Waals surface area contributed by atoms with E-state index in [9.17, 15) is 5.11 Å². The van der Waals surface area contributed by atoms with E-state index in [1.807, 2.05) is 12.1 Å². The zero-order valence-electron chi connectivity index (χ0n) is 13.1. The van der Waals surface area contributed by atoms with Gasteiger partial charge in [0, 0.05) is 27.9 Å². The van der Waals surface area contributed by atoms with Crippen LogP contribution in [0, 0.1) is 6.92 Å². The highest BCUT2D eigenvalue weighted by atomic mass is 32.2. The van der Waals surface area contributed by atoms with Gasteiger partial charge >= 0.3 is 0 Å². The van der Waals surface area contributed by atoms with E-state index in [1.54, 1.807) is 23.1 Å². The van der Waals surface area contributed by atoms with Crippen LogP contribution in [0.1, 0.15) is 37.0 Å². The van der Waals surface area contributed by atoms with Crippen molar-refractivity contribution in [2.45, 2.75) is 50.5 Å². The van der Waals surface area contributed by atoms with Gasteiger partial charge in [-0.2, -0.15) is 0 Å². The van der Waals surface area contributed by atoms with E-state index in [1.165, 1.54) is 10.5 Å². The van der Waals surface area contributed by atoms with Crippen molar-refractivity contribution in [2.24, 2.45) is 0 Å². The number of benzene rings is 1. The van der Waals surface area contributed by atoms with Crippen LogP contribution in [0.5, 0.6) is 0 Å². The first-order valence-electron chi connectivity index (χ1n) is 7.17. The van der Waals surface area contributed by atoms with E-state index in [-0.39, 0.29) is 11.5 Å². The molecule has 0 saturated carbocycles. The standard InChI is InChI=1S/C17H23NOS2/c1-12-7-5-6-8-14(12)20-10-13(19)9-16-18-15(11-21-16)17(2,3)4/h5-8,11,13,19H,9-10H2,1-4H3. The Morgan fingerprint density at radius 2 is 2.00 bits per heavy atom. The van der Waals surface area contributed by atoms with Gasteiger partial charge in [-0.3, -0.25) is 0 Å². The lowest BCUT2D eigenvalue weighted by atomic mass is 9.93. The third kappa shape index (κ3) is 4.83. The van der Waals surface area contributed by atoms with Gasteiger partial charge in [-0.05, 0) is 18.6 Å². The molecule has 0 aliphatic carbocycles. The summed E-state index contributed by atoms with van der Waals surface area (Å²) in [4.78, 5) is 5.89. The van der Waals surface area contributed by atoms with Crippen molar-refractivity contribution in [1.29, 1.82) is 0 Å². The van der Waals surface area contributed by atoms with Crippen molar-refractivity contribution in [1.82, 2.24) is 4.98 Å². The molecule has 1 atom stereocenters. The Hall–Kier alpha value is -0.840. The average molecular weight is 322 g/mol. The van der Waals surface area contributed by atoms with Gasteiger partial charge in [-0.25, -0.2) is 4.98 Å². The molecule has 2 nitrogen and oxygen atoms in total. The molecule has 0 amide bonds. The maximum atomic E-state index is 10.2. The monoisotopic (exact) mass is 321 g/mol. The molecule has 2 aromatic rings. The topological polar surface area (TPSA) is 33.1 Å². The molecule has 0 spiro atoms. The van der Waals surface area contributed by atoms with Crippen molar-refractivity contribution in [3.8, 4) is 0 Å². The molecule has 1 heterocycles. The van der Waals surface area contributed by atoms with Gasteiger partial charge in [0.1, 0.15) is 0 Å². The predicted molar refractivity (Wildman–Crippen MR) is 92.4 cm³/mol. The van der Waals surface area contributed by atoms with Gasteiger partial charge in [-0.15, -0.1) is 23.1 Å². The van der Waals surface area contributed by atoms with Crippen LogP contribution in [-0.2, 0) is 11.8 Å². The minimum absolute atomic E-state index is 0.0790. The summed E-state index contributed by atoms with van der Waals surface area (Å²) in [6.45, 7) is 8.59. The van der Waals surface area contributed by atoms with Gasteiger partial charge in [0.15, 0.2) is 0 Å².